The lowest BCUT2D eigenvalue weighted by atomic mass is 10.4. The molecule has 0 aromatic carbocycles. The van der Waals surface area contributed by atoms with Crippen molar-refractivity contribution in [1.29, 1.82) is 0 Å². The van der Waals surface area contributed by atoms with E-state index in [1.807, 2.05) is 13.8 Å². The quantitative estimate of drug-likeness (QED) is 0.577. The smallest absolute Gasteiger partial charge is 0.119 e. The van der Waals surface area contributed by atoms with Crippen molar-refractivity contribution in [2.24, 2.45) is 0 Å². The highest BCUT2D eigenvalue weighted by atomic mass is 16.3. The van der Waals surface area contributed by atoms with Crippen LogP contribution in [0.3, 0.4) is 0 Å². The van der Waals surface area contributed by atoms with E-state index in [9.17, 15) is 0 Å². The van der Waals surface area contributed by atoms with Crippen LogP contribution in [0.2, 0.25) is 0 Å². The van der Waals surface area contributed by atoms with Crippen molar-refractivity contribution >= 4 is 0 Å². The largest absolute Gasteiger partial charge is 0.377 e. The van der Waals surface area contributed by atoms with Gasteiger partial charge in [0, 0.05) is 6.54 Å². The van der Waals surface area contributed by atoms with Gasteiger partial charge in [0.15, 0.2) is 0 Å². The molecule has 0 saturated heterocycles. The number of nitrogens with zero attached hydrogens (tertiary/aromatic N) is 1. The van der Waals surface area contributed by atoms with Crippen LogP contribution >= 0.6 is 0 Å². The molecule has 0 saturated carbocycles. The molecule has 1 radical (unpaired) electrons. The zero-order chi connectivity index (χ0) is 6.41. The Bertz CT molecular complexity index is 47.8. The van der Waals surface area contributed by atoms with Gasteiger partial charge in [-0.15, -0.1) is 0 Å². The van der Waals surface area contributed by atoms with Gasteiger partial charge in [-0.1, -0.05) is 13.8 Å². The first-order valence-electron chi connectivity index (χ1n) is 3.16. The van der Waals surface area contributed by atoms with E-state index in [4.69, 9.17) is 5.11 Å². The Kier molecular flexibility index (Phi) is 5.01. The van der Waals surface area contributed by atoms with Crippen LogP contribution in [-0.2, 0) is 0 Å². The molecular formula is C6H14NO. The second-order valence-electron chi connectivity index (χ2n) is 1.80. The standard InChI is InChI=1S/C6H14NO/c1-3-5-7-6(8)4-2/h6,8H,3-5H2,1-2H3. The number of rotatable bonds is 4. The number of hydrogen-bond acceptors (Lipinski definition) is 1. The summed E-state index contributed by atoms with van der Waals surface area (Å²) in [6, 6.07) is 0. The minimum atomic E-state index is -0.421. The van der Waals surface area contributed by atoms with E-state index in [1.54, 1.807) is 0 Å². The van der Waals surface area contributed by atoms with Crippen molar-refractivity contribution in [3.63, 3.8) is 0 Å². The lowest BCUT2D eigenvalue weighted by Gasteiger charge is -2.04. The van der Waals surface area contributed by atoms with E-state index < -0.39 is 6.23 Å². The molecule has 0 aliphatic carbocycles. The maximum atomic E-state index is 8.82. The van der Waals surface area contributed by atoms with Gasteiger partial charge in [0.2, 0.25) is 0 Å². The molecule has 0 spiro atoms. The van der Waals surface area contributed by atoms with Crippen molar-refractivity contribution in [2.75, 3.05) is 6.54 Å². The Balaban J connectivity index is 2.86. The van der Waals surface area contributed by atoms with Gasteiger partial charge in [-0.2, -0.15) is 0 Å². The molecule has 0 aromatic rings. The summed E-state index contributed by atoms with van der Waals surface area (Å²) in [5.74, 6) is 0. The highest BCUT2D eigenvalue weighted by Crippen LogP contribution is 1.85. The first-order valence-corrected chi connectivity index (χ1v) is 3.16. The molecule has 1 N–H and O–H groups in total. The van der Waals surface area contributed by atoms with Gasteiger partial charge in [0.1, 0.15) is 6.23 Å². The molecule has 0 aromatic heterocycles. The molecule has 49 valence electrons. The van der Waals surface area contributed by atoms with Crippen LogP contribution in [-0.4, -0.2) is 17.9 Å². The summed E-state index contributed by atoms with van der Waals surface area (Å²) in [6.07, 6.45) is 1.34. The fourth-order valence-corrected chi connectivity index (χ4v) is 0.407. The summed E-state index contributed by atoms with van der Waals surface area (Å²) in [5.41, 5.74) is 0. The van der Waals surface area contributed by atoms with Gasteiger partial charge in [-0.3, -0.25) is 0 Å². The first kappa shape index (κ1) is 7.92. The van der Waals surface area contributed by atoms with Crippen LogP contribution in [0.1, 0.15) is 26.7 Å². The average Bonchev–Trinajstić information content (AvgIpc) is 1.83. The van der Waals surface area contributed by atoms with Crippen LogP contribution in [0.5, 0.6) is 0 Å². The van der Waals surface area contributed by atoms with Gasteiger partial charge in [-0.05, 0) is 12.8 Å². The van der Waals surface area contributed by atoms with Crippen LogP contribution in [0.15, 0.2) is 0 Å². The van der Waals surface area contributed by atoms with E-state index in [1.165, 1.54) is 0 Å². The summed E-state index contributed by atoms with van der Waals surface area (Å²) in [6.45, 7) is 4.75. The van der Waals surface area contributed by atoms with E-state index >= 15 is 0 Å². The van der Waals surface area contributed by atoms with E-state index in [2.05, 4.69) is 5.32 Å². The molecule has 2 nitrogen and oxygen atoms in total. The minimum Gasteiger partial charge on any atom is -0.377 e. The Morgan fingerprint density at radius 2 is 2.12 bits per heavy atom. The SMILES string of the molecule is CCC[N]C(O)CC. The topological polar surface area (TPSA) is 34.3 Å². The molecule has 0 amide bonds. The van der Waals surface area contributed by atoms with Gasteiger partial charge in [0.25, 0.3) is 0 Å². The Morgan fingerprint density at radius 1 is 1.50 bits per heavy atom. The summed E-state index contributed by atoms with van der Waals surface area (Å²) < 4.78 is 0. The summed E-state index contributed by atoms with van der Waals surface area (Å²) in [4.78, 5) is 0. The van der Waals surface area contributed by atoms with Crippen LogP contribution in [0.25, 0.3) is 0 Å². The fourth-order valence-electron chi connectivity index (χ4n) is 0.407. The third kappa shape index (κ3) is 4.09. The maximum Gasteiger partial charge on any atom is 0.119 e. The highest BCUT2D eigenvalue weighted by molar-refractivity contribution is 4.46. The van der Waals surface area contributed by atoms with Crippen LogP contribution < -0.4 is 5.32 Å². The zero-order valence-corrected chi connectivity index (χ0v) is 5.59. The Morgan fingerprint density at radius 3 is 2.50 bits per heavy atom. The van der Waals surface area contributed by atoms with Gasteiger partial charge in [0.05, 0.1) is 0 Å². The number of aliphatic hydroxyl groups excluding tert-OH is 1. The summed E-state index contributed by atoms with van der Waals surface area (Å²) in [7, 11) is 0. The van der Waals surface area contributed by atoms with Crippen molar-refractivity contribution in [1.82, 2.24) is 5.32 Å². The van der Waals surface area contributed by atoms with Crippen molar-refractivity contribution in [3.05, 3.63) is 0 Å². The normalized spacial score (nSPS) is 13.9. The number of aliphatic hydroxyl groups is 1. The molecule has 1 unspecified atom stereocenters. The van der Waals surface area contributed by atoms with Gasteiger partial charge < -0.3 is 5.11 Å². The molecule has 2 heteroatoms. The Hall–Kier alpha value is -0.0800. The highest BCUT2D eigenvalue weighted by Gasteiger charge is 1.96. The zero-order valence-electron chi connectivity index (χ0n) is 5.59. The summed E-state index contributed by atoms with van der Waals surface area (Å²) in [5, 5.41) is 12.7. The molecule has 1 atom stereocenters. The predicted octanol–water partition coefficient (Wildman–Crippen LogP) is 0.729. The first-order chi connectivity index (χ1) is 3.81. The molecule has 0 rings (SSSR count). The van der Waals surface area contributed by atoms with Gasteiger partial charge >= 0.3 is 0 Å². The fraction of sp³-hybridized carbons (Fsp3) is 1.00. The van der Waals surface area contributed by atoms with Crippen molar-refractivity contribution < 1.29 is 5.11 Å². The van der Waals surface area contributed by atoms with Gasteiger partial charge in [-0.25, -0.2) is 5.32 Å². The lowest BCUT2D eigenvalue weighted by molar-refractivity contribution is 0.129. The van der Waals surface area contributed by atoms with E-state index in [-0.39, 0.29) is 0 Å². The van der Waals surface area contributed by atoms with E-state index in [0.29, 0.717) is 0 Å². The maximum absolute atomic E-state index is 8.82. The average molecular weight is 116 g/mol. The number of hydrogen-bond donors (Lipinski definition) is 1. The molecule has 0 aliphatic heterocycles. The minimum absolute atomic E-state index is 0.421. The van der Waals surface area contributed by atoms with Crippen LogP contribution in [0, 0.1) is 0 Å². The molecule has 8 heavy (non-hydrogen) atoms. The predicted molar refractivity (Wildman–Crippen MR) is 33.6 cm³/mol. The summed E-state index contributed by atoms with van der Waals surface area (Å²) >= 11 is 0. The third-order valence-electron chi connectivity index (χ3n) is 0.929. The molecule has 0 fully saturated rings. The second-order valence-corrected chi connectivity index (χ2v) is 1.80. The third-order valence-corrected chi connectivity index (χ3v) is 0.929. The molecule has 0 heterocycles. The molecular weight excluding hydrogens is 102 g/mol. The Labute approximate surface area is 50.9 Å². The lowest BCUT2D eigenvalue weighted by Crippen LogP contribution is -2.20. The van der Waals surface area contributed by atoms with E-state index in [0.717, 1.165) is 19.4 Å². The van der Waals surface area contributed by atoms with Crippen molar-refractivity contribution in [2.45, 2.75) is 32.9 Å². The van der Waals surface area contributed by atoms with Crippen molar-refractivity contribution in [3.8, 4) is 0 Å². The monoisotopic (exact) mass is 116 g/mol. The molecule has 0 bridgehead atoms. The molecule has 0 aliphatic rings. The van der Waals surface area contributed by atoms with Crippen LogP contribution in [0.4, 0.5) is 0 Å². The second kappa shape index (κ2) is 5.06.